The number of carbonyl (C=O) groups excluding carboxylic acids is 1. The lowest BCUT2D eigenvalue weighted by molar-refractivity contribution is -0.121. The minimum Gasteiger partial charge on any atom is -0.492 e. The molecular weight excluding hydrogens is 360 g/mol. The molecule has 2 unspecified atom stereocenters. The lowest BCUT2D eigenvalue weighted by Gasteiger charge is -2.14. The summed E-state index contributed by atoms with van der Waals surface area (Å²) < 4.78 is 6.41. The van der Waals surface area contributed by atoms with Crippen LogP contribution in [0.1, 0.15) is 6.42 Å². The Hall–Kier alpha value is -0.820. The number of para-hydroxylation sites is 1. The first-order valence-electron chi connectivity index (χ1n) is 6.69. The molecule has 1 aliphatic heterocycles. The van der Waals surface area contributed by atoms with E-state index >= 15 is 0 Å². The third-order valence-corrected chi connectivity index (χ3v) is 3.94. The largest absolute Gasteiger partial charge is 0.492 e. The molecule has 5 nitrogen and oxygen atoms in total. The third kappa shape index (κ3) is 5.82. The van der Waals surface area contributed by atoms with Crippen molar-refractivity contribution in [1.29, 1.82) is 0 Å². The van der Waals surface area contributed by atoms with Crippen LogP contribution in [0.3, 0.4) is 0 Å². The molecule has 2 atom stereocenters. The number of hydrogen-bond donors (Lipinski definition) is 3. The van der Waals surface area contributed by atoms with Crippen molar-refractivity contribution >= 4 is 34.2 Å². The molecule has 1 saturated heterocycles. The lowest BCUT2D eigenvalue weighted by atomic mass is 10.1. The second-order valence-corrected chi connectivity index (χ2v) is 5.67. The van der Waals surface area contributed by atoms with E-state index in [1.165, 1.54) is 0 Å². The van der Waals surface area contributed by atoms with E-state index in [1.807, 2.05) is 24.3 Å². The Morgan fingerprint density at radius 2 is 2.19 bits per heavy atom. The summed E-state index contributed by atoms with van der Waals surface area (Å²) in [7, 11) is 0. The van der Waals surface area contributed by atoms with Gasteiger partial charge < -0.3 is 20.5 Å². The van der Waals surface area contributed by atoms with Gasteiger partial charge in [-0.15, -0.1) is 12.4 Å². The number of β-amino-alcohol motifs (C(OH)–C–C–N with tert-alkyl or cyclic N) is 1. The molecule has 118 valence electrons. The number of amides is 1. The van der Waals surface area contributed by atoms with Gasteiger partial charge in [0.15, 0.2) is 0 Å². The highest BCUT2D eigenvalue weighted by Gasteiger charge is 2.24. The van der Waals surface area contributed by atoms with Crippen molar-refractivity contribution in [3.63, 3.8) is 0 Å². The van der Waals surface area contributed by atoms with Gasteiger partial charge in [0.05, 0.1) is 23.6 Å². The van der Waals surface area contributed by atoms with E-state index in [2.05, 4.69) is 26.6 Å². The standard InChI is InChI=1S/C14H19BrN2O3.ClH/c15-11-3-1-2-4-13(11)20-6-5-14(19)17-8-10-7-16-9-12(10)18;/h1-4,10,12,16,18H,5-9H2,(H,17,19);1H. The number of ether oxygens (including phenoxy) is 1. The molecule has 0 aliphatic carbocycles. The maximum atomic E-state index is 11.7. The van der Waals surface area contributed by atoms with Crippen LogP contribution in [0.25, 0.3) is 0 Å². The highest BCUT2D eigenvalue weighted by Crippen LogP contribution is 2.23. The Morgan fingerprint density at radius 3 is 2.86 bits per heavy atom. The van der Waals surface area contributed by atoms with E-state index in [-0.39, 0.29) is 30.3 Å². The normalized spacial score (nSPS) is 20.7. The Bertz CT molecular complexity index is 462. The molecule has 0 bridgehead atoms. The number of halogens is 2. The minimum atomic E-state index is -0.369. The van der Waals surface area contributed by atoms with E-state index < -0.39 is 0 Å². The predicted octanol–water partition coefficient (Wildman–Crippen LogP) is 1.34. The van der Waals surface area contributed by atoms with Crippen molar-refractivity contribution in [1.82, 2.24) is 10.6 Å². The number of rotatable bonds is 6. The summed E-state index contributed by atoms with van der Waals surface area (Å²) in [4.78, 5) is 11.7. The van der Waals surface area contributed by atoms with Crippen molar-refractivity contribution in [2.45, 2.75) is 12.5 Å². The molecule has 1 aliphatic rings. The average molecular weight is 380 g/mol. The topological polar surface area (TPSA) is 70.6 Å². The second kappa shape index (κ2) is 9.25. The van der Waals surface area contributed by atoms with Crippen LogP contribution < -0.4 is 15.4 Å². The molecule has 2 rings (SSSR count). The van der Waals surface area contributed by atoms with Crippen LogP contribution in [0.15, 0.2) is 28.7 Å². The third-order valence-electron chi connectivity index (χ3n) is 3.29. The van der Waals surface area contributed by atoms with Crippen LogP contribution in [0.4, 0.5) is 0 Å². The van der Waals surface area contributed by atoms with E-state index in [0.29, 0.717) is 26.1 Å². The number of aliphatic hydroxyl groups excluding tert-OH is 1. The van der Waals surface area contributed by atoms with Gasteiger partial charge in [-0.25, -0.2) is 0 Å². The summed E-state index contributed by atoms with van der Waals surface area (Å²) in [6.07, 6.45) is -0.0655. The Balaban J connectivity index is 0.00000220. The van der Waals surface area contributed by atoms with Crippen molar-refractivity contribution < 1.29 is 14.6 Å². The van der Waals surface area contributed by atoms with Gasteiger partial charge in [-0.2, -0.15) is 0 Å². The van der Waals surface area contributed by atoms with Crippen LogP contribution in [0.5, 0.6) is 5.75 Å². The fourth-order valence-electron chi connectivity index (χ4n) is 2.08. The monoisotopic (exact) mass is 378 g/mol. The van der Waals surface area contributed by atoms with Crippen molar-refractivity contribution in [3.8, 4) is 5.75 Å². The molecule has 7 heteroatoms. The molecule has 1 aromatic rings. The molecule has 0 saturated carbocycles. The number of carbonyl (C=O) groups is 1. The molecule has 21 heavy (non-hydrogen) atoms. The van der Waals surface area contributed by atoms with Crippen LogP contribution in [0, 0.1) is 5.92 Å². The summed E-state index contributed by atoms with van der Waals surface area (Å²) in [6, 6.07) is 7.53. The van der Waals surface area contributed by atoms with Crippen molar-refractivity contribution in [3.05, 3.63) is 28.7 Å². The molecule has 1 amide bonds. The van der Waals surface area contributed by atoms with Crippen LogP contribution in [-0.2, 0) is 4.79 Å². The molecule has 0 radical (unpaired) electrons. The van der Waals surface area contributed by atoms with Crippen molar-refractivity contribution in [2.75, 3.05) is 26.2 Å². The highest BCUT2D eigenvalue weighted by atomic mass is 79.9. The number of nitrogens with one attached hydrogen (secondary N) is 2. The fraction of sp³-hybridized carbons (Fsp3) is 0.500. The summed E-state index contributed by atoms with van der Waals surface area (Å²) in [5.74, 6) is 0.773. The molecular formula is C14H20BrClN2O3. The quantitative estimate of drug-likeness (QED) is 0.697. The molecule has 1 aromatic carbocycles. The zero-order valence-electron chi connectivity index (χ0n) is 11.5. The summed E-state index contributed by atoms with van der Waals surface area (Å²) in [6.45, 7) is 2.18. The Kier molecular flexibility index (Phi) is 8.03. The maximum absolute atomic E-state index is 11.7. The van der Waals surface area contributed by atoms with Crippen LogP contribution >= 0.6 is 28.3 Å². The van der Waals surface area contributed by atoms with Gasteiger partial charge in [-0.05, 0) is 28.1 Å². The summed E-state index contributed by atoms with van der Waals surface area (Å²) in [5.41, 5.74) is 0. The van der Waals surface area contributed by atoms with Gasteiger partial charge in [0.25, 0.3) is 0 Å². The Morgan fingerprint density at radius 1 is 1.43 bits per heavy atom. The van der Waals surface area contributed by atoms with E-state index in [4.69, 9.17) is 4.74 Å². The molecule has 0 aromatic heterocycles. The molecule has 3 N–H and O–H groups in total. The van der Waals surface area contributed by atoms with Gasteiger partial charge in [0, 0.05) is 25.6 Å². The average Bonchev–Trinajstić information content (AvgIpc) is 2.84. The van der Waals surface area contributed by atoms with Crippen LogP contribution in [0.2, 0.25) is 0 Å². The first-order valence-corrected chi connectivity index (χ1v) is 7.49. The highest BCUT2D eigenvalue weighted by molar-refractivity contribution is 9.10. The van der Waals surface area contributed by atoms with Crippen molar-refractivity contribution in [2.24, 2.45) is 5.92 Å². The van der Waals surface area contributed by atoms with Gasteiger partial charge in [-0.1, -0.05) is 12.1 Å². The molecule has 1 fully saturated rings. The minimum absolute atomic E-state index is 0. The van der Waals surface area contributed by atoms with Gasteiger partial charge >= 0.3 is 0 Å². The Labute approximate surface area is 139 Å². The summed E-state index contributed by atoms with van der Waals surface area (Å²) >= 11 is 3.39. The zero-order valence-corrected chi connectivity index (χ0v) is 14.0. The van der Waals surface area contributed by atoms with Gasteiger partial charge in [0.1, 0.15) is 5.75 Å². The number of aliphatic hydroxyl groups is 1. The van der Waals surface area contributed by atoms with Gasteiger partial charge in [-0.3, -0.25) is 4.79 Å². The number of hydrogen-bond acceptors (Lipinski definition) is 4. The van der Waals surface area contributed by atoms with Crippen LogP contribution in [-0.4, -0.2) is 43.4 Å². The predicted molar refractivity (Wildman–Crippen MR) is 86.9 cm³/mol. The lowest BCUT2D eigenvalue weighted by Crippen LogP contribution is -2.34. The number of benzene rings is 1. The van der Waals surface area contributed by atoms with E-state index in [0.717, 1.165) is 16.8 Å². The second-order valence-electron chi connectivity index (χ2n) is 4.82. The maximum Gasteiger partial charge on any atom is 0.223 e. The first-order chi connectivity index (χ1) is 9.66. The van der Waals surface area contributed by atoms with E-state index in [1.54, 1.807) is 0 Å². The smallest absolute Gasteiger partial charge is 0.223 e. The fourth-order valence-corrected chi connectivity index (χ4v) is 2.48. The zero-order chi connectivity index (χ0) is 14.4. The first kappa shape index (κ1) is 18.2. The van der Waals surface area contributed by atoms with Gasteiger partial charge in [0.2, 0.25) is 5.91 Å². The SMILES string of the molecule is Cl.O=C(CCOc1ccccc1Br)NCC1CNCC1O. The summed E-state index contributed by atoms with van der Waals surface area (Å²) in [5, 5.41) is 15.5. The molecule has 0 spiro atoms. The molecule has 1 heterocycles. The van der Waals surface area contributed by atoms with E-state index in [9.17, 15) is 9.90 Å².